The van der Waals surface area contributed by atoms with Crippen LogP contribution >= 0.6 is 0 Å². The zero-order chi connectivity index (χ0) is 17.0. The molecule has 0 bridgehead atoms. The molecule has 2 aromatic rings. The molecule has 25 heavy (non-hydrogen) atoms. The fraction of sp³-hybridized carbons (Fsp3) is 0.526. The second kappa shape index (κ2) is 7.45. The van der Waals surface area contributed by atoms with E-state index in [2.05, 4.69) is 19.9 Å². The quantitative estimate of drug-likeness (QED) is 0.833. The topological polar surface area (TPSA) is 60.4 Å². The number of ether oxygens (including phenoxy) is 2. The van der Waals surface area contributed by atoms with E-state index in [0.717, 1.165) is 50.3 Å². The second-order valence-electron chi connectivity index (χ2n) is 6.95. The molecule has 4 rings (SSSR count). The molecule has 0 aliphatic carbocycles. The maximum Gasteiger partial charge on any atom is 0.131 e. The van der Waals surface area contributed by atoms with Gasteiger partial charge in [-0.15, -0.1) is 0 Å². The van der Waals surface area contributed by atoms with Gasteiger partial charge in [0.2, 0.25) is 0 Å². The highest BCUT2D eigenvalue weighted by Crippen LogP contribution is 2.41. The minimum Gasteiger partial charge on any atom is -0.377 e. The Morgan fingerprint density at radius 3 is 2.92 bits per heavy atom. The second-order valence-corrected chi connectivity index (χ2v) is 6.95. The zero-order valence-corrected chi connectivity index (χ0v) is 14.4. The van der Waals surface area contributed by atoms with Gasteiger partial charge in [-0.05, 0) is 43.0 Å². The van der Waals surface area contributed by atoms with E-state index < -0.39 is 0 Å². The van der Waals surface area contributed by atoms with E-state index in [9.17, 15) is 0 Å². The van der Waals surface area contributed by atoms with Crippen molar-refractivity contribution in [3.05, 3.63) is 48.7 Å². The van der Waals surface area contributed by atoms with Crippen LogP contribution in [0.15, 0.2) is 43.1 Å². The van der Waals surface area contributed by atoms with Gasteiger partial charge in [0.05, 0.1) is 19.3 Å². The molecule has 2 aliphatic heterocycles. The fourth-order valence-electron chi connectivity index (χ4n) is 4.02. The predicted octanol–water partition coefficient (Wildman–Crippen LogP) is 2.46. The number of fused-ring (bicyclic) bond motifs is 1. The summed E-state index contributed by atoms with van der Waals surface area (Å²) in [5.74, 6) is 0.993. The Morgan fingerprint density at radius 1 is 1.20 bits per heavy atom. The van der Waals surface area contributed by atoms with Crippen LogP contribution in [0.4, 0.5) is 5.82 Å². The highest BCUT2D eigenvalue weighted by atomic mass is 16.5. The Bertz CT molecular complexity index is 670. The molecule has 2 fully saturated rings. The van der Waals surface area contributed by atoms with Crippen molar-refractivity contribution in [1.82, 2.24) is 15.0 Å². The van der Waals surface area contributed by atoms with E-state index in [1.807, 2.05) is 18.2 Å². The standard InChI is InChI=1S/C19H24N4O2/c1-6-19(14-24-12-16-2-7-20-8-3-16)13-23(10-5-17(19)25-11-1)18-4-9-21-15-22-18/h2-4,7-9,15,17H,1,5-6,10-14H2/t17-,19+/m1/s1. The van der Waals surface area contributed by atoms with Crippen LogP contribution in [0.1, 0.15) is 24.8 Å². The number of aromatic nitrogens is 3. The van der Waals surface area contributed by atoms with Crippen molar-refractivity contribution in [1.29, 1.82) is 0 Å². The van der Waals surface area contributed by atoms with Crippen LogP contribution < -0.4 is 4.90 Å². The molecule has 2 aliphatic rings. The summed E-state index contributed by atoms with van der Waals surface area (Å²) in [6, 6.07) is 5.98. The molecule has 0 radical (unpaired) electrons. The third kappa shape index (κ3) is 3.65. The first-order chi connectivity index (χ1) is 12.4. The number of piperidine rings is 1. The Labute approximate surface area is 148 Å². The van der Waals surface area contributed by atoms with Crippen molar-refractivity contribution in [3.8, 4) is 0 Å². The molecule has 6 heteroatoms. The molecule has 2 saturated heterocycles. The maximum atomic E-state index is 6.14. The van der Waals surface area contributed by atoms with Crippen molar-refractivity contribution < 1.29 is 9.47 Å². The average molecular weight is 340 g/mol. The summed E-state index contributed by atoms with van der Waals surface area (Å²) in [7, 11) is 0. The van der Waals surface area contributed by atoms with Crippen LogP contribution in [-0.4, -0.2) is 47.4 Å². The van der Waals surface area contributed by atoms with Crippen molar-refractivity contribution in [3.63, 3.8) is 0 Å². The first-order valence-corrected chi connectivity index (χ1v) is 8.95. The van der Waals surface area contributed by atoms with E-state index in [4.69, 9.17) is 9.47 Å². The lowest BCUT2D eigenvalue weighted by Gasteiger charge is -2.50. The molecular formula is C19H24N4O2. The first-order valence-electron chi connectivity index (χ1n) is 8.95. The van der Waals surface area contributed by atoms with Crippen LogP contribution in [0.3, 0.4) is 0 Å². The van der Waals surface area contributed by atoms with E-state index in [-0.39, 0.29) is 11.5 Å². The molecule has 2 aromatic heterocycles. The van der Waals surface area contributed by atoms with Crippen molar-refractivity contribution in [2.24, 2.45) is 5.41 Å². The SMILES string of the molecule is c1cc(COC[C@@]23CCCO[C@@H]2CCN(c2ccncn2)C3)ccn1. The molecule has 6 nitrogen and oxygen atoms in total. The molecule has 0 spiro atoms. The molecule has 0 unspecified atom stereocenters. The Morgan fingerprint density at radius 2 is 2.08 bits per heavy atom. The molecule has 132 valence electrons. The smallest absolute Gasteiger partial charge is 0.131 e. The van der Waals surface area contributed by atoms with Gasteiger partial charge in [0, 0.05) is 43.7 Å². The Hall–Kier alpha value is -2.05. The summed E-state index contributed by atoms with van der Waals surface area (Å²) in [5, 5.41) is 0. The minimum atomic E-state index is 0.0362. The Kier molecular flexibility index (Phi) is 4.90. The molecule has 0 saturated carbocycles. The number of hydrogen-bond donors (Lipinski definition) is 0. The maximum absolute atomic E-state index is 6.14. The highest BCUT2D eigenvalue weighted by molar-refractivity contribution is 5.38. The monoisotopic (exact) mass is 340 g/mol. The van der Waals surface area contributed by atoms with Gasteiger partial charge in [-0.2, -0.15) is 0 Å². The summed E-state index contributed by atoms with van der Waals surface area (Å²) in [4.78, 5) is 14.9. The summed E-state index contributed by atoms with van der Waals surface area (Å²) in [6.45, 7) is 4.08. The summed E-state index contributed by atoms with van der Waals surface area (Å²) >= 11 is 0. The minimum absolute atomic E-state index is 0.0362. The number of pyridine rings is 1. The van der Waals surface area contributed by atoms with Gasteiger partial charge in [-0.25, -0.2) is 9.97 Å². The lowest BCUT2D eigenvalue weighted by atomic mass is 9.73. The van der Waals surface area contributed by atoms with Crippen molar-refractivity contribution in [2.45, 2.75) is 32.0 Å². The van der Waals surface area contributed by atoms with Gasteiger partial charge in [0.15, 0.2) is 0 Å². The van der Waals surface area contributed by atoms with Gasteiger partial charge in [0.1, 0.15) is 12.1 Å². The lowest BCUT2D eigenvalue weighted by Crippen LogP contribution is -2.57. The first kappa shape index (κ1) is 16.4. The van der Waals surface area contributed by atoms with Gasteiger partial charge < -0.3 is 14.4 Å². The normalized spacial score (nSPS) is 26.2. The molecular weight excluding hydrogens is 316 g/mol. The number of hydrogen-bond acceptors (Lipinski definition) is 6. The predicted molar refractivity (Wildman–Crippen MR) is 94.2 cm³/mol. The average Bonchev–Trinajstić information content (AvgIpc) is 2.69. The van der Waals surface area contributed by atoms with Crippen molar-refractivity contribution in [2.75, 3.05) is 31.2 Å². The van der Waals surface area contributed by atoms with Gasteiger partial charge >= 0.3 is 0 Å². The van der Waals surface area contributed by atoms with Crippen LogP contribution in [0.25, 0.3) is 0 Å². The third-order valence-corrected chi connectivity index (χ3v) is 5.29. The molecule has 0 N–H and O–H groups in total. The van der Waals surface area contributed by atoms with Crippen LogP contribution in [-0.2, 0) is 16.1 Å². The number of rotatable bonds is 5. The molecule has 4 heterocycles. The highest BCUT2D eigenvalue weighted by Gasteiger charge is 2.46. The fourth-order valence-corrected chi connectivity index (χ4v) is 4.02. The van der Waals surface area contributed by atoms with Crippen LogP contribution in [0.2, 0.25) is 0 Å². The van der Waals surface area contributed by atoms with E-state index >= 15 is 0 Å². The third-order valence-electron chi connectivity index (χ3n) is 5.29. The van der Waals surface area contributed by atoms with Crippen molar-refractivity contribution >= 4 is 5.82 Å². The van der Waals surface area contributed by atoms with Gasteiger partial charge in [-0.3, -0.25) is 4.98 Å². The van der Waals surface area contributed by atoms with Crippen LogP contribution in [0.5, 0.6) is 0 Å². The van der Waals surface area contributed by atoms with Crippen LogP contribution in [0, 0.1) is 5.41 Å². The number of anilines is 1. The van der Waals surface area contributed by atoms with Gasteiger partial charge in [0.25, 0.3) is 0 Å². The summed E-state index contributed by atoms with van der Waals surface area (Å²) in [6.07, 6.45) is 10.5. The Balaban J connectivity index is 1.46. The molecule has 0 amide bonds. The number of nitrogens with zero attached hydrogens (tertiary/aromatic N) is 4. The molecule has 0 aromatic carbocycles. The summed E-state index contributed by atoms with van der Waals surface area (Å²) < 4.78 is 12.3. The zero-order valence-electron chi connectivity index (χ0n) is 14.4. The lowest BCUT2D eigenvalue weighted by molar-refractivity contribution is -0.127. The van der Waals surface area contributed by atoms with Gasteiger partial charge in [-0.1, -0.05) is 0 Å². The summed E-state index contributed by atoms with van der Waals surface area (Å²) in [5.41, 5.74) is 1.19. The van der Waals surface area contributed by atoms with E-state index in [1.54, 1.807) is 24.9 Å². The largest absolute Gasteiger partial charge is 0.377 e. The molecule has 2 atom stereocenters. The van der Waals surface area contributed by atoms with E-state index in [1.165, 1.54) is 0 Å². The van der Waals surface area contributed by atoms with E-state index in [0.29, 0.717) is 13.2 Å².